The lowest BCUT2D eigenvalue weighted by atomic mass is 10.0. The Labute approximate surface area is 308 Å². The number of methoxy groups -OCH3 is 1. The lowest BCUT2D eigenvalue weighted by Crippen LogP contribution is -2.58. The molecule has 2 aromatic carbocycles. The molecule has 1 fully saturated rings. The summed E-state index contributed by atoms with van der Waals surface area (Å²) in [5, 5.41) is 11.5. The molecule has 2 bridgehead atoms. The Morgan fingerprint density at radius 2 is 1.73 bits per heavy atom. The molecule has 52 heavy (non-hydrogen) atoms. The highest BCUT2D eigenvalue weighted by atomic mass is 32.1. The Bertz CT molecular complexity index is 1680. The number of benzene rings is 2. The average molecular weight is 733 g/mol. The maximum Gasteiger partial charge on any atom is 0.263 e. The topological polar surface area (TPSA) is 168 Å². The third-order valence-electron chi connectivity index (χ3n) is 9.00. The third-order valence-corrected chi connectivity index (χ3v) is 9.75. The molecule has 1 aliphatic carbocycles. The number of hydrogen-bond donors (Lipinski definition) is 4. The van der Waals surface area contributed by atoms with Crippen molar-refractivity contribution >= 4 is 41.1 Å². The Balaban J connectivity index is 1.46. The zero-order valence-corrected chi connectivity index (χ0v) is 30.9. The molecule has 14 heteroatoms. The Kier molecular flexibility index (Phi) is 13.2. The summed E-state index contributed by atoms with van der Waals surface area (Å²) in [6, 6.07) is 12.4. The van der Waals surface area contributed by atoms with Crippen molar-refractivity contribution in [2.45, 2.75) is 77.0 Å². The maximum atomic E-state index is 14.1. The molecule has 278 valence electrons. The minimum atomic E-state index is -1.11. The molecule has 0 radical (unpaired) electrons. The van der Waals surface area contributed by atoms with E-state index in [-0.39, 0.29) is 43.9 Å². The Morgan fingerprint density at radius 3 is 2.37 bits per heavy atom. The summed E-state index contributed by atoms with van der Waals surface area (Å²) in [6.07, 6.45) is 4.31. The second kappa shape index (κ2) is 18.0. The molecular weight excluding hydrogens is 685 g/mol. The maximum absolute atomic E-state index is 14.1. The van der Waals surface area contributed by atoms with E-state index in [1.54, 1.807) is 56.5 Å². The van der Waals surface area contributed by atoms with Crippen molar-refractivity contribution in [3.63, 3.8) is 0 Å². The van der Waals surface area contributed by atoms with Gasteiger partial charge in [0.15, 0.2) is 0 Å². The second-order valence-corrected chi connectivity index (χ2v) is 14.8. The van der Waals surface area contributed by atoms with Crippen LogP contribution >= 0.6 is 11.5 Å². The van der Waals surface area contributed by atoms with Crippen molar-refractivity contribution in [3.05, 3.63) is 76.8 Å². The van der Waals surface area contributed by atoms with Crippen molar-refractivity contribution in [2.75, 3.05) is 26.8 Å². The van der Waals surface area contributed by atoms with E-state index in [2.05, 4.69) is 39.5 Å². The number of carbonyl (C=O) groups excluding carboxylic acids is 5. The highest BCUT2D eigenvalue weighted by Crippen LogP contribution is 2.30. The summed E-state index contributed by atoms with van der Waals surface area (Å²) in [7, 11) is 1.55. The Hall–Kier alpha value is -4.98. The van der Waals surface area contributed by atoms with Crippen LogP contribution in [0, 0.1) is 11.8 Å². The molecule has 1 saturated carbocycles. The van der Waals surface area contributed by atoms with Gasteiger partial charge < -0.3 is 35.6 Å². The molecule has 5 amide bonds. The van der Waals surface area contributed by atoms with Crippen LogP contribution in [0.1, 0.15) is 60.8 Å². The van der Waals surface area contributed by atoms with E-state index in [0.29, 0.717) is 35.3 Å². The quantitative estimate of drug-likeness (QED) is 0.244. The molecule has 0 unspecified atom stereocenters. The first-order chi connectivity index (χ1) is 25.0. The number of aromatic nitrogens is 1. The number of hydrogen-bond acceptors (Lipinski definition) is 9. The number of fused-ring (bicyclic) bond motifs is 17. The minimum absolute atomic E-state index is 0.0927. The summed E-state index contributed by atoms with van der Waals surface area (Å²) < 4.78 is 15.4. The van der Waals surface area contributed by atoms with Gasteiger partial charge in [0.05, 0.1) is 19.7 Å². The summed E-state index contributed by atoms with van der Waals surface area (Å²) in [5.41, 5.74) is 1.48. The lowest BCUT2D eigenvalue weighted by molar-refractivity contribution is -0.140. The normalized spacial score (nSPS) is 22.2. The van der Waals surface area contributed by atoms with Crippen molar-refractivity contribution in [2.24, 2.45) is 11.8 Å². The Morgan fingerprint density at radius 1 is 1.00 bits per heavy atom. The monoisotopic (exact) mass is 732 g/mol. The zero-order valence-electron chi connectivity index (χ0n) is 30.1. The molecule has 4 atom stereocenters. The molecule has 3 heterocycles. The van der Waals surface area contributed by atoms with Gasteiger partial charge in [-0.15, -0.1) is 0 Å². The lowest BCUT2D eigenvalue weighted by Gasteiger charge is -2.29. The average Bonchev–Trinajstić information content (AvgIpc) is 3.76. The number of amides is 5. The number of carbonyl (C=O) groups is 5. The molecule has 4 N–H and O–H groups in total. The van der Waals surface area contributed by atoms with Crippen LogP contribution in [-0.4, -0.2) is 89.8 Å². The van der Waals surface area contributed by atoms with Crippen LogP contribution in [0.25, 0.3) is 0 Å². The third kappa shape index (κ3) is 11.3. The van der Waals surface area contributed by atoms with Gasteiger partial charge in [0.25, 0.3) is 5.91 Å². The minimum Gasteiger partial charge on any atom is -0.497 e. The van der Waals surface area contributed by atoms with E-state index in [9.17, 15) is 24.0 Å². The van der Waals surface area contributed by atoms with Crippen LogP contribution < -0.4 is 30.7 Å². The van der Waals surface area contributed by atoms with Crippen LogP contribution in [-0.2, 0) is 32.0 Å². The van der Waals surface area contributed by atoms with Crippen LogP contribution in [0.2, 0.25) is 0 Å². The van der Waals surface area contributed by atoms with Crippen molar-refractivity contribution in [1.82, 2.24) is 30.5 Å². The molecule has 6 rings (SSSR count). The summed E-state index contributed by atoms with van der Waals surface area (Å²) in [5.74, 6) is -0.562. The number of nitrogens with zero attached hydrogens (tertiary/aromatic N) is 2. The highest BCUT2D eigenvalue weighted by Gasteiger charge is 2.34. The number of rotatable bonds is 9. The second-order valence-electron chi connectivity index (χ2n) is 14.0. The van der Waals surface area contributed by atoms with Gasteiger partial charge in [-0.3, -0.25) is 24.0 Å². The fourth-order valence-electron chi connectivity index (χ4n) is 6.08. The molecule has 3 aliphatic rings. The van der Waals surface area contributed by atoms with E-state index in [0.717, 1.165) is 35.5 Å². The SMILES string of the molecule is COc1ccc(C[C@@H]2NC(=O)[C@@H](NC(=O)c3ccns3)Cc3ccc(cc3)OC[C@H](CC(C)C)NC(=O)CN(CC3CC3)C(=O)[C@@H](C)NC2=O)cc1. The van der Waals surface area contributed by atoms with E-state index in [1.165, 1.54) is 11.1 Å². The fraction of sp³-hybridized carbons (Fsp3) is 0.474. The van der Waals surface area contributed by atoms with Gasteiger partial charge >= 0.3 is 0 Å². The smallest absolute Gasteiger partial charge is 0.263 e. The molecular formula is C38H48N6O7S. The standard InChI is InChI=1S/C38H48N6O7S/c1-23(2)17-28-22-51-30-13-9-26(10-14-30)19-32(43-37(48)33-15-16-39-52-33)36(47)42-31(18-25-7-11-29(50-4)12-8-25)35(46)40-24(3)38(49)44(20-27-5-6-27)21-34(45)41-28/h7-16,23-24,27-28,31-32H,5-6,17-22H2,1-4H3,(H,40,46)(H,41,45)(H,42,47)(H,43,48)/t24-,28+,31+,32+/m1/s1. The van der Waals surface area contributed by atoms with Gasteiger partial charge in [0.1, 0.15) is 41.1 Å². The molecule has 1 aromatic heterocycles. The van der Waals surface area contributed by atoms with Crippen LogP contribution in [0.5, 0.6) is 11.5 Å². The van der Waals surface area contributed by atoms with E-state index < -0.39 is 41.8 Å². The van der Waals surface area contributed by atoms with Crippen LogP contribution in [0.4, 0.5) is 0 Å². The van der Waals surface area contributed by atoms with E-state index >= 15 is 0 Å². The fourth-order valence-corrected chi connectivity index (χ4v) is 6.58. The van der Waals surface area contributed by atoms with Gasteiger partial charge in [-0.05, 0) is 91.0 Å². The zero-order chi connectivity index (χ0) is 37.2. The summed E-state index contributed by atoms with van der Waals surface area (Å²) >= 11 is 1.01. The predicted octanol–water partition coefficient (Wildman–Crippen LogP) is 2.89. The molecule has 13 nitrogen and oxygen atoms in total. The molecule has 3 aromatic rings. The van der Waals surface area contributed by atoms with Crippen molar-refractivity contribution in [3.8, 4) is 11.5 Å². The van der Waals surface area contributed by atoms with Gasteiger partial charge in [-0.2, -0.15) is 0 Å². The van der Waals surface area contributed by atoms with Gasteiger partial charge in [-0.25, -0.2) is 4.37 Å². The molecule has 0 saturated heterocycles. The summed E-state index contributed by atoms with van der Waals surface area (Å²) in [6.45, 7) is 6.16. The van der Waals surface area contributed by atoms with Crippen LogP contribution in [0.15, 0.2) is 60.8 Å². The van der Waals surface area contributed by atoms with E-state index in [1.807, 2.05) is 12.1 Å². The van der Waals surface area contributed by atoms with Gasteiger partial charge in [0, 0.05) is 25.6 Å². The largest absolute Gasteiger partial charge is 0.497 e. The first kappa shape index (κ1) is 38.3. The van der Waals surface area contributed by atoms with Crippen molar-refractivity contribution in [1.29, 1.82) is 0 Å². The molecule has 2 aliphatic heterocycles. The van der Waals surface area contributed by atoms with Crippen LogP contribution in [0.3, 0.4) is 0 Å². The van der Waals surface area contributed by atoms with Crippen molar-refractivity contribution < 1.29 is 33.4 Å². The van der Waals surface area contributed by atoms with Gasteiger partial charge in [-0.1, -0.05) is 38.1 Å². The number of ether oxygens (including phenoxy) is 2. The van der Waals surface area contributed by atoms with E-state index in [4.69, 9.17) is 9.47 Å². The highest BCUT2D eigenvalue weighted by molar-refractivity contribution is 7.08. The first-order valence-corrected chi connectivity index (χ1v) is 18.5. The molecule has 0 spiro atoms. The van der Waals surface area contributed by atoms with Gasteiger partial charge in [0.2, 0.25) is 23.6 Å². The predicted molar refractivity (Wildman–Crippen MR) is 196 cm³/mol. The first-order valence-electron chi connectivity index (χ1n) is 17.7. The number of nitrogens with one attached hydrogen (secondary N) is 4. The summed E-state index contributed by atoms with van der Waals surface area (Å²) in [4.78, 5) is 70.3.